The first-order chi connectivity index (χ1) is 5.54. The maximum atomic E-state index is 9.81. The van der Waals surface area contributed by atoms with Crippen LogP contribution in [0.5, 0.6) is 0 Å². The lowest BCUT2D eigenvalue weighted by Crippen LogP contribution is -2.50. The van der Waals surface area contributed by atoms with Crippen LogP contribution in [0.25, 0.3) is 0 Å². The van der Waals surface area contributed by atoms with Crippen molar-refractivity contribution >= 4 is 6.29 Å². The fraction of sp³-hybridized carbons (Fsp3) is 0.833. The second-order valence-electron chi connectivity index (χ2n) is 2.39. The molecule has 12 heavy (non-hydrogen) atoms. The molecule has 0 aliphatic rings. The third kappa shape index (κ3) is 2.84. The van der Waals surface area contributed by atoms with E-state index in [0.29, 0.717) is 0 Å². The molecule has 1 radical (unpaired) electrons. The van der Waals surface area contributed by atoms with Crippen molar-refractivity contribution in [3.63, 3.8) is 0 Å². The molecule has 0 saturated carbocycles. The van der Waals surface area contributed by atoms with Crippen LogP contribution in [-0.2, 0) is 4.79 Å². The average molecular weight is 178 g/mol. The van der Waals surface area contributed by atoms with E-state index >= 15 is 0 Å². The number of hydrogen-bond acceptors (Lipinski definition) is 6. The Bertz CT molecular complexity index is 142. The molecule has 0 aliphatic carbocycles. The van der Waals surface area contributed by atoms with Crippen LogP contribution in [0.3, 0.4) is 0 Å². The van der Waals surface area contributed by atoms with Gasteiger partial charge in [0, 0.05) is 0 Å². The minimum absolute atomic E-state index is 0.552. The fourth-order valence-corrected chi connectivity index (χ4v) is 0.618. The van der Waals surface area contributed by atoms with E-state index in [1.54, 1.807) is 0 Å². The number of hydrogen-bond donors (Lipinski definition) is 5. The van der Waals surface area contributed by atoms with Crippen LogP contribution in [0.2, 0.25) is 0 Å². The van der Waals surface area contributed by atoms with E-state index in [1.807, 2.05) is 0 Å². The van der Waals surface area contributed by atoms with E-state index in [2.05, 4.69) is 0 Å². The van der Waals surface area contributed by atoms with E-state index in [1.165, 1.54) is 0 Å². The van der Waals surface area contributed by atoms with E-state index in [0.717, 1.165) is 6.29 Å². The first-order valence-corrected chi connectivity index (χ1v) is 3.33. The van der Waals surface area contributed by atoms with E-state index in [-0.39, 0.29) is 0 Å². The van der Waals surface area contributed by atoms with Gasteiger partial charge >= 0.3 is 0 Å². The third-order valence-electron chi connectivity index (χ3n) is 1.44. The lowest BCUT2D eigenvalue weighted by atomic mass is 10.0. The zero-order valence-corrected chi connectivity index (χ0v) is 6.29. The largest absolute Gasteiger partial charge is 0.395 e. The van der Waals surface area contributed by atoms with Crippen molar-refractivity contribution in [3.8, 4) is 0 Å². The normalized spacial score (nSPS) is 21.1. The summed E-state index contributed by atoms with van der Waals surface area (Å²) in [5.41, 5.74) is 5.11. The topological polar surface area (TPSA) is 124 Å². The van der Waals surface area contributed by atoms with Gasteiger partial charge in [0.05, 0.1) is 12.6 Å². The smallest absolute Gasteiger partial charge is 0.232 e. The Morgan fingerprint density at radius 1 is 1.25 bits per heavy atom. The summed E-state index contributed by atoms with van der Waals surface area (Å²) >= 11 is 0. The molecule has 0 spiro atoms. The second kappa shape index (κ2) is 5.18. The quantitative estimate of drug-likeness (QED) is 0.297. The lowest BCUT2D eigenvalue weighted by Gasteiger charge is -2.22. The first-order valence-electron chi connectivity index (χ1n) is 3.33. The summed E-state index contributed by atoms with van der Waals surface area (Å²) in [7, 11) is 0. The van der Waals surface area contributed by atoms with Crippen LogP contribution >= 0.6 is 0 Å². The van der Waals surface area contributed by atoms with E-state index in [4.69, 9.17) is 26.2 Å². The van der Waals surface area contributed by atoms with Crippen LogP contribution in [0.15, 0.2) is 0 Å². The van der Waals surface area contributed by atoms with Crippen molar-refractivity contribution in [2.75, 3.05) is 6.61 Å². The minimum Gasteiger partial charge on any atom is -0.395 e. The molecule has 4 unspecified atom stereocenters. The van der Waals surface area contributed by atoms with Gasteiger partial charge in [0.25, 0.3) is 0 Å². The summed E-state index contributed by atoms with van der Waals surface area (Å²) in [6.45, 7) is -0.552. The molecule has 6 heteroatoms. The molecule has 0 aromatic carbocycles. The van der Waals surface area contributed by atoms with Crippen molar-refractivity contribution in [1.29, 1.82) is 0 Å². The van der Waals surface area contributed by atoms with Gasteiger partial charge in [-0.25, -0.2) is 0 Å². The molecular weight excluding hydrogens is 166 g/mol. The van der Waals surface area contributed by atoms with Crippen LogP contribution in [-0.4, -0.2) is 57.7 Å². The molecule has 6 nitrogen and oxygen atoms in total. The summed E-state index contributed by atoms with van der Waals surface area (Å²) in [6, 6.07) is -1.09. The molecule has 0 saturated heterocycles. The molecule has 6 N–H and O–H groups in total. The summed E-state index contributed by atoms with van der Waals surface area (Å²) < 4.78 is 0. The molecule has 0 rings (SSSR count). The van der Waals surface area contributed by atoms with Gasteiger partial charge < -0.3 is 26.2 Å². The summed E-state index contributed by atoms with van der Waals surface area (Å²) in [4.78, 5) is 9.81. The van der Waals surface area contributed by atoms with Crippen LogP contribution in [0, 0.1) is 0 Å². The average Bonchev–Trinajstić information content (AvgIpc) is 2.12. The van der Waals surface area contributed by atoms with Crippen molar-refractivity contribution in [2.24, 2.45) is 5.73 Å². The maximum absolute atomic E-state index is 9.81. The minimum atomic E-state index is -1.81. The fourth-order valence-electron chi connectivity index (χ4n) is 0.618. The standard InChI is InChI=1S/C6H12NO5/c7-3(1-8)5(11)6(12)4(10)2-9/h3-6,8,10-12H,1,7H2. The van der Waals surface area contributed by atoms with Gasteiger partial charge in [-0.15, -0.1) is 0 Å². The Balaban J connectivity index is 4.07. The Morgan fingerprint density at radius 3 is 2.08 bits per heavy atom. The highest BCUT2D eigenvalue weighted by Crippen LogP contribution is 2.01. The van der Waals surface area contributed by atoms with E-state index in [9.17, 15) is 4.79 Å². The lowest BCUT2D eigenvalue weighted by molar-refractivity contribution is -0.0514. The van der Waals surface area contributed by atoms with Gasteiger partial charge in [0.15, 0.2) is 0 Å². The molecule has 0 aromatic rings. The van der Waals surface area contributed by atoms with Crippen molar-refractivity contribution in [3.05, 3.63) is 0 Å². The van der Waals surface area contributed by atoms with Crippen LogP contribution in [0.1, 0.15) is 0 Å². The van der Waals surface area contributed by atoms with Crippen LogP contribution < -0.4 is 5.73 Å². The predicted molar refractivity (Wildman–Crippen MR) is 38.8 cm³/mol. The molecule has 0 amide bonds. The molecule has 4 atom stereocenters. The van der Waals surface area contributed by atoms with Gasteiger partial charge in [-0.1, -0.05) is 0 Å². The number of nitrogens with two attached hydrogens (primary N) is 1. The monoisotopic (exact) mass is 178 g/mol. The molecule has 0 fully saturated rings. The Labute approximate surface area is 69.2 Å². The number of carbonyl (C=O) groups excluding carboxylic acids is 1. The maximum Gasteiger partial charge on any atom is 0.232 e. The SMILES string of the molecule is NC(CO)C(O)C(O)C(O)[C]=O. The zero-order chi connectivity index (χ0) is 9.72. The number of rotatable bonds is 5. The summed E-state index contributed by atoms with van der Waals surface area (Å²) in [5, 5.41) is 35.1. The Hall–Kier alpha value is -0.530. The third-order valence-corrected chi connectivity index (χ3v) is 1.44. The molecular formula is C6H12NO5. The van der Waals surface area contributed by atoms with Gasteiger partial charge in [0.2, 0.25) is 6.29 Å². The van der Waals surface area contributed by atoms with Gasteiger partial charge in [-0.05, 0) is 0 Å². The molecule has 0 aliphatic heterocycles. The summed E-state index contributed by atoms with van der Waals surface area (Å²) in [5.74, 6) is 0. The Morgan fingerprint density at radius 2 is 1.75 bits per heavy atom. The highest BCUT2D eigenvalue weighted by atomic mass is 16.4. The number of aliphatic hydroxyl groups is 4. The van der Waals surface area contributed by atoms with Crippen molar-refractivity contribution in [1.82, 2.24) is 0 Å². The molecule has 71 valence electrons. The second-order valence-corrected chi connectivity index (χ2v) is 2.39. The zero-order valence-electron chi connectivity index (χ0n) is 6.29. The molecule has 0 aromatic heterocycles. The van der Waals surface area contributed by atoms with Gasteiger partial charge in [-0.2, -0.15) is 0 Å². The van der Waals surface area contributed by atoms with E-state index < -0.39 is 31.0 Å². The van der Waals surface area contributed by atoms with Gasteiger partial charge in [0.1, 0.15) is 18.3 Å². The van der Waals surface area contributed by atoms with Gasteiger partial charge in [-0.3, -0.25) is 4.79 Å². The highest BCUT2D eigenvalue weighted by Gasteiger charge is 2.29. The van der Waals surface area contributed by atoms with Crippen LogP contribution in [0.4, 0.5) is 0 Å². The predicted octanol–water partition coefficient (Wildman–Crippen LogP) is -3.50. The highest BCUT2D eigenvalue weighted by molar-refractivity contribution is 5.57. The number of aliphatic hydroxyl groups excluding tert-OH is 4. The van der Waals surface area contributed by atoms with Crippen molar-refractivity contribution < 1.29 is 25.2 Å². The van der Waals surface area contributed by atoms with Crippen molar-refractivity contribution in [2.45, 2.75) is 24.4 Å². The Kier molecular flexibility index (Phi) is 4.95. The first kappa shape index (κ1) is 11.5. The molecule has 0 bridgehead atoms. The summed E-state index contributed by atoms with van der Waals surface area (Å²) in [6.07, 6.45) is -3.99. The molecule has 0 heterocycles.